The number of hydrogen-bond donors (Lipinski definition) is 0. The maximum Gasteiger partial charge on any atom is -0.0241 e. The second-order valence-electron chi connectivity index (χ2n) is 18.2. The van der Waals surface area contributed by atoms with Gasteiger partial charge in [-0.1, -0.05) is 216 Å². The Hall–Kier alpha value is 0. The largest absolute Gasteiger partial charge is 0.0628 e. The minimum Gasteiger partial charge on any atom is -0.0628 e. The second kappa shape index (κ2) is 26.9. The molecule has 0 aromatic carbocycles. The van der Waals surface area contributed by atoms with Gasteiger partial charge in [0.25, 0.3) is 0 Å². The molecule has 0 aliphatic heterocycles. The monoisotopic (exact) mass is 631 g/mol. The first-order valence-corrected chi connectivity index (χ1v) is 21.6. The van der Waals surface area contributed by atoms with E-state index in [9.17, 15) is 0 Å². The Kier molecular flexibility index (Phi) is 25.7. The fourth-order valence-electron chi connectivity index (χ4n) is 9.29. The smallest absolute Gasteiger partial charge is 0.0241 e. The summed E-state index contributed by atoms with van der Waals surface area (Å²) >= 11 is 0. The second-order valence-corrected chi connectivity index (χ2v) is 18.2. The van der Waals surface area contributed by atoms with Gasteiger partial charge in [-0.05, 0) is 73.0 Å². The van der Waals surface area contributed by atoms with Crippen LogP contribution < -0.4 is 0 Å². The van der Waals surface area contributed by atoms with Crippen LogP contribution in [0.15, 0.2) is 0 Å². The summed E-state index contributed by atoms with van der Waals surface area (Å²) in [4.78, 5) is 0. The molecule has 1 saturated carbocycles. The molecule has 0 heterocycles. The molecular formula is C45H90. The highest BCUT2D eigenvalue weighted by molar-refractivity contribution is 5.02. The maximum atomic E-state index is 2.39. The number of hydrogen-bond acceptors (Lipinski definition) is 0. The number of unbranched alkanes of at least 4 members (excludes halogenated alkanes) is 16. The highest BCUT2D eigenvalue weighted by Gasteiger charge is 2.52. The van der Waals surface area contributed by atoms with Gasteiger partial charge in [0.05, 0.1) is 0 Å². The Morgan fingerprint density at radius 1 is 0.289 bits per heavy atom. The highest BCUT2D eigenvalue weighted by Crippen LogP contribution is 2.63. The zero-order chi connectivity index (χ0) is 33.2. The fourth-order valence-corrected chi connectivity index (χ4v) is 9.29. The lowest BCUT2D eigenvalue weighted by Gasteiger charge is -2.48. The summed E-state index contributed by atoms with van der Waals surface area (Å²) in [5.41, 5.74) is 1.33. The predicted molar refractivity (Wildman–Crippen MR) is 207 cm³/mol. The average molecular weight is 631 g/mol. The predicted octanol–water partition coefficient (Wildman–Crippen LogP) is 16.7. The Morgan fingerprint density at radius 2 is 0.489 bits per heavy atom. The third-order valence-corrected chi connectivity index (χ3v) is 12.2. The molecule has 0 bridgehead atoms. The minimum atomic E-state index is 0.665. The third-order valence-electron chi connectivity index (χ3n) is 12.2. The first-order valence-electron chi connectivity index (χ1n) is 21.6. The zero-order valence-electron chi connectivity index (χ0n) is 33.2. The van der Waals surface area contributed by atoms with Crippen LogP contribution in [0.4, 0.5) is 0 Å². The minimum absolute atomic E-state index is 0.665. The Bertz CT molecular complexity index is 526. The molecule has 0 heteroatoms. The van der Waals surface area contributed by atoms with E-state index in [1.165, 1.54) is 161 Å². The van der Waals surface area contributed by atoms with Gasteiger partial charge >= 0.3 is 0 Å². The van der Waals surface area contributed by atoms with Crippen LogP contribution in [-0.4, -0.2) is 0 Å². The summed E-state index contributed by atoms with van der Waals surface area (Å²) in [6.45, 7) is 19.2. The van der Waals surface area contributed by atoms with E-state index in [2.05, 4.69) is 55.4 Å². The summed E-state index contributed by atoms with van der Waals surface area (Å²) in [6.07, 6.45) is 46.3. The molecule has 0 atom stereocenters. The van der Waals surface area contributed by atoms with E-state index in [4.69, 9.17) is 0 Å². The molecule has 1 fully saturated rings. The van der Waals surface area contributed by atoms with Crippen molar-refractivity contribution in [3.8, 4) is 0 Å². The molecule has 1 rings (SSSR count). The van der Waals surface area contributed by atoms with Gasteiger partial charge in [-0.2, -0.15) is 0 Å². The molecule has 0 radical (unpaired) electrons. The first kappa shape index (κ1) is 43.0. The Labute approximate surface area is 288 Å². The number of rotatable bonds is 32. The van der Waals surface area contributed by atoms with Crippen LogP contribution in [0.25, 0.3) is 0 Å². The van der Waals surface area contributed by atoms with Crippen LogP contribution in [0, 0.1) is 34.5 Å². The van der Waals surface area contributed by atoms with Gasteiger partial charge in [-0.3, -0.25) is 0 Å². The van der Waals surface area contributed by atoms with Crippen LogP contribution in [0.5, 0.6) is 0 Å². The summed E-state index contributed by atoms with van der Waals surface area (Å²) in [6, 6.07) is 0. The highest BCUT2D eigenvalue weighted by atomic mass is 14.6. The summed E-state index contributed by atoms with van der Waals surface area (Å²) < 4.78 is 0. The molecule has 0 aromatic heterocycles. The maximum absolute atomic E-state index is 2.39. The van der Waals surface area contributed by atoms with Crippen LogP contribution in [0.1, 0.15) is 254 Å². The quantitative estimate of drug-likeness (QED) is 0.0649. The van der Waals surface area contributed by atoms with Crippen molar-refractivity contribution in [3.05, 3.63) is 0 Å². The van der Waals surface area contributed by atoms with Crippen molar-refractivity contribution < 1.29 is 0 Å². The van der Waals surface area contributed by atoms with E-state index in [1.807, 2.05) is 0 Å². The van der Waals surface area contributed by atoms with Crippen LogP contribution >= 0.6 is 0 Å². The normalized spacial score (nSPS) is 16.3. The fraction of sp³-hybridized carbons (Fsp3) is 1.00. The molecule has 0 saturated heterocycles. The van der Waals surface area contributed by atoms with Crippen LogP contribution in [-0.2, 0) is 0 Å². The van der Waals surface area contributed by atoms with E-state index in [0.717, 1.165) is 23.7 Å². The van der Waals surface area contributed by atoms with E-state index >= 15 is 0 Å². The molecule has 0 amide bonds. The van der Waals surface area contributed by atoms with Crippen molar-refractivity contribution in [3.63, 3.8) is 0 Å². The van der Waals surface area contributed by atoms with Crippen molar-refractivity contribution in [1.29, 1.82) is 0 Å². The zero-order valence-corrected chi connectivity index (χ0v) is 33.2. The van der Waals surface area contributed by atoms with Crippen LogP contribution in [0.2, 0.25) is 0 Å². The summed E-state index contributed by atoms with van der Waals surface area (Å²) in [7, 11) is 0. The van der Waals surface area contributed by atoms with Gasteiger partial charge in [0.15, 0.2) is 0 Å². The van der Waals surface area contributed by atoms with Gasteiger partial charge in [-0.15, -0.1) is 0 Å². The van der Waals surface area contributed by atoms with Crippen LogP contribution in [0.3, 0.4) is 0 Å². The van der Waals surface area contributed by atoms with Gasteiger partial charge in [0, 0.05) is 0 Å². The summed E-state index contributed by atoms with van der Waals surface area (Å²) in [5.74, 6) is 3.51. The Balaban J connectivity index is 2.86. The SMILES string of the molecule is CC(C)CCCCCCCC1(CCCCCCCC(C)C)CCCC1(CCCCCCCC(C)C)CCCCCCCC(C)C. The molecule has 0 unspecified atom stereocenters. The summed E-state index contributed by atoms with van der Waals surface area (Å²) in [5, 5.41) is 0. The van der Waals surface area contributed by atoms with Crippen molar-refractivity contribution >= 4 is 0 Å². The van der Waals surface area contributed by atoms with Gasteiger partial charge < -0.3 is 0 Å². The lowest BCUT2D eigenvalue weighted by molar-refractivity contribution is 0.0208. The van der Waals surface area contributed by atoms with E-state index < -0.39 is 0 Å². The van der Waals surface area contributed by atoms with E-state index in [-0.39, 0.29) is 0 Å². The van der Waals surface area contributed by atoms with Gasteiger partial charge in [0.2, 0.25) is 0 Å². The van der Waals surface area contributed by atoms with Crippen molar-refractivity contribution in [2.45, 2.75) is 254 Å². The molecule has 0 aromatic rings. The molecular weight excluding hydrogens is 540 g/mol. The standard InChI is InChI=1S/C45H90/c1-40(2)30-21-13-9-17-25-34-44(35-26-18-10-14-22-31-41(3)4)38-29-39-45(44,36-27-19-11-15-23-32-42(5)6)37-28-20-12-16-24-33-43(7)8/h40-43H,9-39H2,1-8H3. The molecule has 45 heavy (non-hydrogen) atoms. The molecule has 270 valence electrons. The lowest BCUT2D eigenvalue weighted by Crippen LogP contribution is -2.38. The van der Waals surface area contributed by atoms with Crippen molar-refractivity contribution in [2.75, 3.05) is 0 Å². The molecule has 0 N–H and O–H groups in total. The molecule has 0 spiro atoms. The van der Waals surface area contributed by atoms with E-state index in [1.54, 1.807) is 38.5 Å². The Morgan fingerprint density at radius 3 is 0.711 bits per heavy atom. The van der Waals surface area contributed by atoms with Crippen molar-refractivity contribution in [2.24, 2.45) is 34.5 Å². The first-order chi connectivity index (χ1) is 21.6. The molecule has 0 nitrogen and oxygen atoms in total. The van der Waals surface area contributed by atoms with Gasteiger partial charge in [-0.25, -0.2) is 0 Å². The third kappa shape index (κ3) is 20.9. The topological polar surface area (TPSA) is 0 Å². The molecule has 1 aliphatic carbocycles. The average Bonchev–Trinajstić information content (AvgIpc) is 3.32. The lowest BCUT2D eigenvalue weighted by atomic mass is 9.57. The van der Waals surface area contributed by atoms with E-state index in [0.29, 0.717) is 10.8 Å². The molecule has 1 aliphatic rings. The van der Waals surface area contributed by atoms with Crippen molar-refractivity contribution in [1.82, 2.24) is 0 Å². The van der Waals surface area contributed by atoms with Gasteiger partial charge in [0.1, 0.15) is 0 Å².